The Balaban J connectivity index is 1.48. The van der Waals surface area contributed by atoms with Crippen molar-refractivity contribution in [1.82, 2.24) is 0 Å². The molecule has 3 nitrogen and oxygen atoms in total. The van der Waals surface area contributed by atoms with Crippen molar-refractivity contribution in [2.75, 3.05) is 0 Å². The minimum Gasteiger partial charge on any atom is -0.389 e. The van der Waals surface area contributed by atoms with E-state index in [1.54, 1.807) is 0 Å². The van der Waals surface area contributed by atoms with Gasteiger partial charge in [0.1, 0.15) is 0 Å². The molecule has 2 atom stereocenters. The van der Waals surface area contributed by atoms with Crippen LogP contribution < -0.4 is 0 Å². The quantitative estimate of drug-likeness (QED) is 0.807. The first-order valence-corrected chi connectivity index (χ1v) is 11.0. The second-order valence-corrected chi connectivity index (χ2v) is 11.7. The summed E-state index contributed by atoms with van der Waals surface area (Å²) in [7, 11) is -2.96. The summed E-state index contributed by atoms with van der Waals surface area (Å²) in [5.41, 5.74) is -0.677. The number of sulfone groups is 1. The molecule has 0 aromatic heterocycles. The van der Waals surface area contributed by atoms with Gasteiger partial charge in [-0.15, -0.1) is 0 Å². The van der Waals surface area contributed by atoms with Gasteiger partial charge in [0.25, 0.3) is 0 Å². The number of hydrogen-bond donors (Lipinski definition) is 1. The molecule has 124 valence electrons. The summed E-state index contributed by atoms with van der Waals surface area (Å²) in [5.74, 6) is 3.59. The summed E-state index contributed by atoms with van der Waals surface area (Å²) >= 11 is 0. The average molecular weight is 324 g/mol. The molecular formula is C18H28O3S. The number of hydrogen-bond acceptors (Lipinski definition) is 3. The van der Waals surface area contributed by atoms with Crippen molar-refractivity contribution in [2.45, 2.75) is 80.3 Å². The molecule has 4 saturated carbocycles. The van der Waals surface area contributed by atoms with Gasteiger partial charge >= 0.3 is 0 Å². The first kappa shape index (κ1) is 14.3. The number of aliphatic hydroxyl groups is 1. The maximum atomic E-state index is 12.6. The lowest BCUT2D eigenvalue weighted by molar-refractivity contribution is -0.153. The summed E-state index contributed by atoms with van der Waals surface area (Å²) in [6.07, 6.45) is 10.3. The van der Waals surface area contributed by atoms with Gasteiger partial charge in [-0.2, -0.15) is 0 Å². The van der Waals surface area contributed by atoms with Crippen molar-refractivity contribution >= 4 is 9.84 Å². The Bertz CT molecular complexity index is 533. The summed E-state index contributed by atoms with van der Waals surface area (Å²) < 4.78 is 25.1. The highest BCUT2D eigenvalue weighted by molar-refractivity contribution is 7.92. The molecule has 6 aliphatic rings. The summed E-state index contributed by atoms with van der Waals surface area (Å²) in [6, 6.07) is 0. The highest BCUT2D eigenvalue weighted by Crippen LogP contribution is 2.61. The van der Waals surface area contributed by atoms with Gasteiger partial charge < -0.3 is 5.11 Å². The Morgan fingerprint density at radius 1 is 0.818 bits per heavy atom. The fourth-order valence-electron chi connectivity index (χ4n) is 7.56. The largest absolute Gasteiger partial charge is 0.389 e. The summed E-state index contributed by atoms with van der Waals surface area (Å²) in [5, 5.41) is 11.1. The summed E-state index contributed by atoms with van der Waals surface area (Å²) in [4.78, 5) is 0. The molecule has 6 bridgehead atoms. The van der Waals surface area contributed by atoms with E-state index in [0.717, 1.165) is 31.1 Å². The van der Waals surface area contributed by atoms with E-state index in [1.165, 1.54) is 32.1 Å². The zero-order valence-electron chi connectivity index (χ0n) is 13.3. The van der Waals surface area contributed by atoms with Crippen LogP contribution in [0.4, 0.5) is 0 Å². The maximum Gasteiger partial charge on any atom is 0.156 e. The van der Waals surface area contributed by atoms with Crippen LogP contribution in [0, 0.1) is 29.6 Å². The van der Waals surface area contributed by atoms with Gasteiger partial charge in [-0.25, -0.2) is 8.42 Å². The molecule has 1 N–H and O–H groups in total. The van der Waals surface area contributed by atoms with Crippen LogP contribution >= 0.6 is 0 Å². The van der Waals surface area contributed by atoms with Crippen molar-refractivity contribution in [3.63, 3.8) is 0 Å². The van der Waals surface area contributed by atoms with Crippen molar-refractivity contribution < 1.29 is 13.5 Å². The Hall–Kier alpha value is -0.0900. The highest BCUT2D eigenvalue weighted by Gasteiger charge is 2.60. The normalized spacial score (nSPS) is 58.7. The van der Waals surface area contributed by atoms with Crippen molar-refractivity contribution in [3.8, 4) is 0 Å². The lowest BCUT2D eigenvalue weighted by Crippen LogP contribution is -2.61. The zero-order chi connectivity index (χ0) is 15.1. The van der Waals surface area contributed by atoms with Crippen LogP contribution in [0.1, 0.15) is 64.2 Å². The van der Waals surface area contributed by atoms with Crippen LogP contribution in [-0.4, -0.2) is 29.6 Å². The average Bonchev–Trinajstić information content (AvgIpc) is 2.39. The van der Waals surface area contributed by atoms with Crippen molar-refractivity contribution in [2.24, 2.45) is 29.6 Å². The van der Waals surface area contributed by atoms with E-state index in [-0.39, 0.29) is 10.5 Å². The Morgan fingerprint density at radius 2 is 1.32 bits per heavy atom. The third-order valence-corrected chi connectivity index (χ3v) is 10.7. The molecule has 6 rings (SSSR count). The molecule has 2 aliphatic heterocycles. The minimum atomic E-state index is -2.96. The second-order valence-electron chi connectivity index (χ2n) is 9.23. The molecule has 0 aromatic rings. The van der Waals surface area contributed by atoms with E-state index in [1.807, 2.05) is 0 Å². The smallest absolute Gasteiger partial charge is 0.156 e. The van der Waals surface area contributed by atoms with Crippen LogP contribution in [0.25, 0.3) is 0 Å². The third kappa shape index (κ3) is 1.86. The minimum absolute atomic E-state index is 0.248. The van der Waals surface area contributed by atoms with E-state index in [4.69, 9.17) is 0 Å². The lowest BCUT2D eigenvalue weighted by atomic mass is 9.48. The van der Waals surface area contributed by atoms with E-state index < -0.39 is 15.4 Å². The van der Waals surface area contributed by atoms with E-state index in [0.29, 0.717) is 30.6 Å². The Morgan fingerprint density at radius 3 is 1.82 bits per heavy atom. The Kier molecular flexibility index (Phi) is 2.92. The molecule has 2 saturated heterocycles. The van der Waals surface area contributed by atoms with Crippen molar-refractivity contribution in [1.29, 1.82) is 0 Å². The van der Waals surface area contributed by atoms with Gasteiger partial charge in [0.15, 0.2) is 9.84 Å². The van der Waals surface area contributed by atoms with Crippen LogP contribution in [-0.2, 0) is 9.84 Å². The molecule has 4 heteroatoms. The SMILES string of the molecule is O=S1(=O)C2CCCC1CC(O)(C1C3CC4CC(C3)CC1C4)C2. The summed E-state index contributed by atoms with van der Waals surface area (Å²) in [6.45, 7) is 0. The standard InChI is InChI=1S/C18H28O3S/c19-18(9-15-2-1-3-16(10-18)22(15,20)21)17-13-5-11-4-12(7-13)8-14(17)6-11/h11-17,19H,1-10H2. The number of rotatable bonds is 1. The lowest BCUT2D eigenvalue weighted by Gasteiger charge is -2.60. The Labute approximate surface area is 133 Å². The second kappa shape index (κ2) is 4.50. The highest BCUT2D eigenvalue weighted by atomic mass is 32.2. The molecule has 2 heterocycles. The zero-order valence-corrected chi connectivity index (χ0v) is 14.1. The molecular weight excluding hydrogens is 296 g/mol. The van der Waals surface area contributed by atoms with Crippen LogP contribution in [0.15, 0.2) is 0 Å². The topological polar surface area (TPSA) is 54.4 Å². The molecule has 0 radical (unpaired) electrons. The van der Waals surface area contributed by atoms with Gasteiger partial charge in [-0.1, -0.05) is 6.42 Å². The van der Waals surface area contributed by atoms with Gasteiger partial charge in [0.05, 0.1) is 16.1 Å². The monoisotopic (exact) mass is 324 g/mol. The first-order valence-electron chi connectivity index (χ1n) is 9.41. The maximum absolute atomic E-state index is 12.6. The fourth-order valence-corrected chi connectivity index (χ4v) is 10.1. The van der Waals surface area contributed by atoms with Gasteiger partial charge in [0.2, 0.25) is 0 Å². The molecule has 0 aromatic carbocycles. The van der Waals surface area contributed by atoms with E-state index in [9.17, 15) is 13.5 Å². The molecule has 2 unspecified atom stereocenters. The van der Waals surface area contributed by atoms with Crippen LogP contribution in [0.3, 0.4) is 0 Å². The molecule has 0 amide bonds. The van der Waals surface area contributed by atoms with E-state index in [2.05, 4.69) is 0 Å². The predicted molar refractivity (Wildman–Crippen MR) is 85.1 cm³/mol. The molecule has 4 aliphatic carbocycles. The molecule has 6 fully saturated rings. The molecule has 22 heavy (non-hydrogen) atoms. The first-order chi connectivity index (χ1) is 10.5. The predicted octanol–water partition coefficient (Wildman–Crippen LogP) is 2.92. The third-order valence-electron chi connectivity index (χ3n) is 7.99. The van der Waals surface area contributed by atoms with Crippen LogP contribution in [0.5, 0.6) is 0 Å². The van der Waals surface area contributed by atoms with Crippen molar-refractivity contribution in [3.05, 3.63) is 0 Å². The van der Waals surface area contributed by atoms with Gasteiger partial charge in [0, 0.05) is 0 Å². The van der Waals surface area contributed by atoms with Gasteiger partial charge in [-0.05, 0) is 87.4 Å². The van der Waals surface area contributed by atoms with Crippen LogP contribution in [0.2, 0.25) is 0 Å². The fraction of sp³-hybridized carbons (Fsp3) is 1.00. The molecule has 0 spiro atoms. The van der Waals surface area contributed by atoms with Gasteiger partial charge in [-0.3, -0.25) is 0 Å². The van der Waals surface area contributed by atoms with E-state index >= 15 is 0 Å². The number of fused-ring (bicyclic) bond motifs is 2.